The van der Waals surface area contributed by atoms with Gasteiger partial charge in [0.25, 0.3) is 11.8 Å². The third-order valence-corrected chi connectivity index (χ3v) is 10.2. The third-order valence-electron chi connectivity index (χ3n) is 8.77. The van der Waals surface area contributed by atoms with E-state index in [0.29, 0.717) is 22.0 Å². The van der Waals surface area contributed by atoms with Gasteiger partial charge in [-0.2, -0.15) is 0 Å². The first-order valence-electron chi connectivity index (χ1n) is 13.8. The number of nitrogens with one attached hydrogen (secondary N) is 2. The summed E-state index contributed by atoms with van der Waals surface area (Å²) in [7, 11) is 0. The van der Waals surface area contributed by atoms with Crippen molar-refractivity contribution in [3.63, 3.8) is 0 Å². The minimum Gasteiger partial charge on any atom is -0.480 e. The van der Waals surface area contributed by atoms with Gasteiger partial charge in [-0.1, -0.05) is 19.3 Å². The predicted molar refractivity (Wildman–Crippen MR) is 137 cm³/mol. The number of amides is 2. The summed E-state index contributed by atoms with van der Waals surface area (Å²) in [5.74, 6) is 1.43. The van der Waals surface area contributed by atoms with E-state index in [-0.39, 0.29) is 30.2 Å². The molecular weight excluding hydrogens is 494 g/mol. The van der Waals surface area contributed by atoms with E-state index < -0.39 is 23.8 Å². The maximum absolute atomic E-state index is 13.5. The maximum Gasteiger partial charge on any atom is 0.322 e. The highest BCUT2D eigenvalue weighted by Crippen LogP contribution is 2.54. The summed E-state index contributed by atoms with van der Waals surface area (Å²) < 4.78 is 11.6. The molecule has 37 heavy (non-hydrogen) atoms. The van der Waals surface area contributed by atoms with E-state index in [1.807, 2.05) is 0 Å². The molecule has 1 aromatic heterocycles. The molecule has 0 spiro atoms. The number of carbonyl (C=O) groups is 3. The van der Waals surface area contributed by atoms with Crippen LogP contribution in [0.5, 0.6) is 5.88 Å². The molecule has 0 aliphatic heterocycles. The fraction of sp³-hybridized carbons (Fsp3) is 0.778. The van der Waals surface area contributed by atoms with Crippen molar-refractivity contribution >= 4 is 29.5 Å². The molecule has 5 aliphatic carbocycles. The topological polar surface area (TPSA) is 131 Å². The SMILES string of the molecule is CC(C)(COc1noc(C(=O)NC2C3CC4CC(C3)CC2C4)c1SC1CCCCC1)C(=O)NCC(=O)O. The Bertz CT molecular complexity index is 990. The van der Waals surface area contributed by atoms with Gasteiger partial charge in [0.2, 0.25) is 11.7 Å². The number of aromatic nitrogens is 1. The molecule has 4 bridgehead atoms. The first-order valence-corrected chi connectivity index (χ1v) is 14.7. The van der Waals surface area contributed by atoms with Crippen LogP contribution in [0.3, 0.4) is 0 Å². The fourth-order valence-electron chi connectivity index (χ4n) is 7.04. The van der Waals surface area contributed by atoms with E-state index in [1.165, 1.54) is 38.5 Å². The third kappa shape index (κ3) is 5.94. The first-order chi connectivity index (χ1) is 17.7. The highest BCUT2D eigenvalue weighted by molar-refractivity contribution is 8.00. The van der Waals surface area contributed by atoms with E-state index in [4.69, 9.17) is 14.4 Å². The number of aliphatic carboxylic acids is 1. The molecule has 0 radical (unpaired) electrons. The number of ether oxygens (including phenoxy) is 1. The Morgan fingerprint density at radius 1 is 1.05 bits per heavy atom. The number of thioether (sulfide) groups is 1. The molecule has 0 aromatic carbocycles. The van der Waals surface area contributed by atoms with Crippen LogP contribution in [0, 0.1) is 29.1 Å². The van der Waals surface area contributed by atoms with E-state index in [9.17, 15) is 14.4 Å². The zero-order chi connectivity index (χ0) is 26.2. The largest absolute Gasteiger partial charge is 0.480 e. The van der Waals surface area contributed by atoms with Gasteiger partial charge in [-0.25, -0.2) is 0 Å². The minimum atomic E-state index is -1.11. The van der Waals surface area contributed by atoms with Crippen LogP contribution in [0.1, 0.15) is 88.6 Å². The number of nitrogens with zero attached hydrogens (tertiary/aromatic N) is 1. The second-order valence-corrected chi connectivity index (χ2v) is 13.5. The van der Waals surface area contributed by atoms with Gasteiger partial charge in [0.1, 0.15) is 18.0 Å². The molecular formula is C27H39N3O6S. The Kier molecular flexibility index (Phi) is 7.75. The van der Waals surface area contributed by atoms with Gasteiger partial charge in [-0.15, -0.1) is 11.8 Å². The van der Waals surface area contributed by atoms with Gasteiger partial charge in [-0.05, 0) is 87.6 Å². The number of carbonyl (C=O) groups excluding carboxylic acids is 2. The number of carboxylic acids is 1. The van der Waals surface area contributed by atoms with Gasteiger partial charge in [0, 0.05) is 11.3 Å². The minimum absolute atomic E-state index is 0.0280. The van der Waals surface area contributed by atoms with Crippen molar-refractivity contribution in [1.82, 2.24) is 15.8 Å². The van der Waals surface area contributed by atoms with E-state index >= 15 is 0 Å². The average Bonchev–Trinajstić information content (AvgIpc) is 3.26. The first kappa shape index (κ1) is 26.4. The zero-order valence-electron chi connectivity index (χ0n) is 21.8. The molecule has 9 nitrogen and oxygen atoms in total. The zero-order valence-corrected chi connectivity index (χ0v) is 22.6. The summed E-state index contributed by atoms with van der Waals surface area (Å²) in [4.78, 5) is 37.5. The van der Waals surface area contributed by atoms with Gasteiger partial charge >= 0.3 is 5.97 Å². The van der Waals surface area contributed by atoms with Gasteiger partial charge < -0.3 is 25.0 Å². The van der Waals surface area contributed by atoms with Crippen molar-refractivity contribution in [2.75, 3.05) is 13.2 Å². The summed E-state index contributed by atoms with van der Waals surface area (Å²) in [6, 6.07) is 0.194. The van der Waals surface area contributed by atoms with Crippen molar-refractivity contribution in [2.45, 2.75) is 94.2 Å². The standard InChI is InChI=1S/C27H39N3O6S/c1-27(2,26(34)28-13-20(31)32)14-35-25-23(37-19-6-4-3-5-7-19)22(36-30-25)24(33)29-21-17-9-15-8-16(11-17)12-18(21)10-15/h15-19,21H,3-14H2,1-2H3,(H,28,34)(H,29,33)(H,31,32). The Balaban J connectivity index is 1.30. The second-order valence-electron chi connectivity index (χ2n) is 12.2. The van der Waals surface area contributed by atoms with Crippen LogP contribution in [-0.4, -0.2) is 52.5 Å². The van der Waals surface area contributed by atoms with Crippen molar-refractivity contribution in [2.24, 2.45) is 29.1 Å². The van der Waals surface area contributed by atoms with Crippen LogP contribution >= 0.6 is 11.8 Å². The van der Waals surface area contributed by atoms with Gasteiger partial charge in [0.05, 0.1) is 5.41 Å². The maximum atomic E-state index is 13.5. The van der Waals surface area contributed by atoms with E-state index in [0.717, 1.165) is 37.5 Å². The Hall–Kier alpha value is -2.23. The molecule has 2 amide bonds. The van der Waals surface area contributed by atoms with Gasteiger partial charge in [-0.3, -0.25) is 14.4 Å². The molecule has 10 heteroatoms. The van der Waals surface area contributed by atoms with Gasteiger partial charge in [0.15, 0.2) is 0 Å². The molecule has 0 unspecified atom stereocenters. The Morgan fingerprint density at radius 3 is 2.32 bits per heavy atom. The molecule has 1 aromatic rings. The Labute approximate surface area is 222 Å². The van der Waals surface area contributed by atoms with Crippen LogP contribution in [-0.2, 0) is 9.59 Å². The quantitative estimate of drug-likeness (QED) is 0.407. The number of hydrogen-bond acceptors (Lipinski definition) is 7. The van der Waals surface area contributed by atoms with Crippen molar-refractivity contribution in [3.8, 4) is 5.88 Å². The predicted octanol–water partition coefficient (Wildman–Crippen LogP) is 4.26. The van der Waals surface area contributed by atoms with E-state index in [2.05, 4.69) is 15.8 Å². The summed E-state index contributed by atoms with van der Waals surface area (Å²) >= 11 is 1.60. The van der Waals surface area contributed by atoms with Crippen LogP contribution in [0.2, 0.25) is 0 Å². The second kappa shape index (κ2) is 10.9. The van der Waals surface area contributed by atoms with Crippen molar-refractivity contribution in [3.05, 3.63) is 5.76 Å². The lowest BCUT2D eigenvalue weighted by molar-refractivity contribution is -0.140. The lowest BCUT2D eigenvalue weighted by atomic mass is 9.54. The van der Waals surface area contributed by atoms with E-state index in [1.54, 1.807) is 25.6 Å². The summed E-state index contributed by atoms with van der Waals surface area (Å²) in [6.07, 6.45) is 11.9. The summed E-state index contributed by atoms with van der Waals surface area (Å²) in [5.41, 5.74) is -0.996. The van der Waals surface area contributed by atoms with Crippen LogP contribution in [0.15, 0.2) is 9.42 Å². The van der Waals surface area contributed by atoms with Crippen LogP contribution < -0.4 is 15.4 Å². The summed E-state index contributed by atoms with van der Waals surface area (Å²) in [5, 5.41) is 19.1. The highest BCUT2D eigenvalue weighted by atomic mass is 32.2. The molecule has 0 atom stereocenters. The lowest BCUT2D eigenvalue weighted by Crippen LogP contribution is -2.55. The molecule has 5 saturated carbocycles. The van der Waals surface area contributed by atoms with Crippen LogP contribution in [0.25, 0.3) is 0 Å². The highest BCUT2D eigenvalue weighted by Gasteiger charge is 2.49. The van der Waals surface area contributed by atoms with Crippen molar-refractivity contribution in [1.29, 1.82) is 0 Å². The number of rotatable bonds is 10. The molecule has 5 fully saturated rings. The molecule has 1 heterocycles. The monoisotopic (exact) mass is 533 g/mol. The molecule has 0 saturated heterocycles. The number of carboxylic acid groups (broad SMARTS) is 1. The Morgan fingerprint density at radius 2 is 1.70 bits per heavy atom. The van der Waals surface area contributed by atoms with Crippen LogP contribution in [0.4, 0.5) is 0 Å². The molecule has 6 rings (SSSR count). The number of hydrogen-bond donors (Lipinski definition) is 3. The smallest absolute Gasteiger partial charge is 0.322 e. The average molecular weight is 534 g/mol. The normalized spacial score (nSPS) is 29.2. The molecule has 3 N–H and O–H groups in total. The molecule has 5 aliphatic rings. The van der Waals surface area contributed by atoms with Crippen molar-refractivity contribution < 1.29 is 28.8 Å². The molecule has 204 valence electrons. The fourth-order valence-corrected chi connectivity index (χ4v) is 8.38. The lowest BCUT2D eigenvalue weighted by Gasteiger charge is -2.54. The summed E-state index contributed by atoms with van der Waals surface area (Å²) in [6.45, 7) is 2.88.